The predicted molar refractivity (Wildman–Crippen MR) is 86.2 cm³/mol. The van der Waals surface area contributed by atoms with Crippen LogP contribution in [0.3, 0.4) is 0 Å². The van der Waals surface area contributed by atoms with Gasteiger partial charge in [-0.1, -0.05) is 42.2 Å². The van der Waals surface area contributed by atoms with Gasteiger partial charge in [-0.15, -0.1) is 0 Å². The van der Waals surface area contributed by atoms with E-state index in [0.717, 1.165) is 5.56 Å². The second-order valence-corrected chi connectivity index (χ2v) is 5.55. The molecule has 3 heteroatoms. The monoisotopic (exact) mass is 306 g/mol. The van der Waals surface area contributed by atoms with Crippen molar-refractivity contribution >= 4 is 5.78 Å². The molecular formula is C20H15FO2. The highest BCUT2D eigenvalue weighted by atomic mass is 19.1. The maximum atomic E-state index is 13.1. The van der Waals surface area contributed by atoms with Crippen LogP contribution in [0.25, 0.3) is 0 Å². The van der Waals surface area contributed by atoms with Crippen molar-refractivity contribution < 1.29 is 14.3 Å². The average molecular weight is 306 g/mol. The summed E-state index contributed by atoms with van der Waals surface area (Å²) in [6.45, 7) is 0. The van der Waals surface area contributed by atoms with Crippen molar-refractivity contribution in [3.63, 3.8) is 0 Å². The Bertz CT molecular complexity index is 797. The molecule has 0 amide bonds. The van der Waals surface area contributed by atoms with Crippen molar-refractivity contribution in [1.82, 2.24) is 0 Å². The minimum Gasteiger partial charge on any atom is -0.373 e. The first-order valence-corrected chi connectivity index (χ1v) is 7.35. The molecule has 0 spiro atoms. The van der Waals surface area contributed by atoms with Crippen LogP contribution >= 0.6 is 0 Å². The topological polar surface area (TPSA) is 37.3 Å². The fraction of sp³-hybridized carbons (Fsp3) is 0.150. The van der Waals surface area contributed by atoms with Crippen LogP contribution in [0, 0.1) is 17.7 Å². The van der Waals surface area contributed by atoms with Crippen molar-refractivity contribution in [3.05, 3.63) is 83.7 Å². The number of carbonyl (C=O) groups is 1. The highest BCUT2D eigenvalue weighted by Crippen LogP contribution is 2.36. The lowest BCUT2D eigenvalue weighted by molar-refractivity contribution is -0.116. The van der Waals surface area contributed by atoms with Crippen molar-refractivity contribution in [2.24, 2.45) is 0 Å². The molecular weight excluding hydrogens is 291 g/mol. The lowest BCUT2D eigenvalue weighted by Crippen LogP contribution is -2.37. The van der Waals surface area contributed by atoms with Crippen LogP contribution in [0.15, 0.2) is 66.7 Å². The van der Waals surface area contributed by atoms with Crippen molar-refractivity contribution in [3.8, 4) is 11.8 Å². The number of benzene rings is 2. The van der Waals surface area contributed by atoms with Gasteiger partial charge in [-0.25, -0.2) is 4.39 Å². The summed E-state index contributed by atoms with van der Waals surface area (Å²) in [6, 6.07) is 15.1. The third-order valence-corrected chi connectivity index (χ3v) is 3.91. The smallest absolute Gasteiger partial charge is 0.156 e. The van der Waals surface area contributed by atoms with Gasteiger partial charge in [0.2, 0.25) is 0 Å². The Balaban J connectivity index is 1.99. The summed E-state index contributed by atoms with van der Waals surface area (Å²) in [6.07, 6.45) is 2.94. The summed E-state index contributed by atoms with van der Waals surface area (Å²) in [5, 5.41) is 10.9. The third-order valence-electron chi connectivity index (χ3n) is 3.91. The Hall–Kier alpha value is -2.70. The summed E-state index contributed by atoms with van der Waals surface area (Å²) in [4.78, 5) is 11.8. The first kappa shape index (κ1) is 15.2. The van der Waals surface area contributed by atoms with Gasteiger partial charge in [0.15, 0.2) is 11.4 Å². The molecule has 2 atom stereocenters. The van der Waals surface area contributed by atoms with Crippen LogP contribution in [-0.2, 0) is 4.79 Å². The number of hydrogen-bond donors (Lipinski definition) is 1. The molecule has 2 nitrogen and oxygen atoms in total. The first-order valence-electron chi connectivity index (χ1n) is 7.35. The number of rotatable bonds is 1. The normalized spacial score (nSPS) is 23.2. The number of carbonyl (C=O) groups excluding carboxylic acids is 1. The van der Waals surface area contributed by atoms with E-state index in [4.69, 9.17) is 0 Å². The second kappa shape index (κ2) is 6.20. The summed E-state index contributed by atoms with van der Waals surface area (Å²) >= 11 is 0. The van der Waals surface area contributed by atoms with E-state index in [1.807, 2.05) is 30.3 Å². The Kier molecular flexibility index (Phi) is 4.10. The number of halogens is 1. The van der Waals surface area contributed by atoms with E-state index in [1.54, 1.807) is 12.1 Å². The van der Waals surface area contributed by atoms with Gasteiger partial charge in [0.25, 0.3) is 0 Å². The average Bonchev–Trinajstić information content (AvgIpc) is 2.57. The van der Waals surface area contributed by atoms with E-state index >= 15 is 0 Å². The molecule has 114 valence electrons. The SMILES string of the molecule is O=C1C=C[C@@](O)(C#Cc2ccccc2)[C@@H](c2ccc(F)cc2)C1. The Morgan fingerprint density at radius 2 is 1.78 bits per heavy atom. The standard InChI is InChI=1S/C20H15FO2/c21-17-8-6-16(7-9-17)19-14-18(22)11-13-20(19,23)12-10-15-4-2-1-3-5-15/h1-9,11,13,19,23H,14H2/t19-,20+/m1/s1. The van der Waals surface area contributed by atoms with E-state index in [9.17, 15) is 14.3 Å². The molecule has 1 N–H and O–H groups in total. The van der Waals surface area contributed by atoms with E-state index in [2.05, 4.69) is 11.8 Å². The molecule has 1 aliphatic rings. The highest BCUT2D eigenvalue weighted by molar-refractivity contribution is 5.92. The van der Waals surface area contributed by atoms with Crippen molar-refractivity contribution in [1.29, 1.82) is 0 Å². The minimum absolute atomic E-state index is 0.0782. The van der Waals surface area contributed by atoms with Gasteiger partial charge < -0.3 is 5.11 Å². The molecule has 0 aliphatic heterocycles. The zero-order valence-corrected chi connectivity index (χ0v) is 12.4. The molecule has 2 aromatic carbocycles. The van der Waals surface area contributed by atoms with Gasteiger partial charge in [-0.05, 0) is 42.0 Å². The van der Waals surface area contributed by atoms with E-state index < -0.39 is 11.5 Å². The Morgan fingerprint density at radius 3 is 2.48 bits per heavy atom. The minimum atomic E-state index is -1.46. The lowest BCUT2D eigenvalue weighted by Gasteiger charge is -2.31. The van der Waals surface area contributed by atoms with Gasteiger partial charge >= 0.3 is 0 Å². The fourth-order valence-electron chi connectivity index (χ4n) is 2.65. The van der Waals surface area contributed by atoms with E-state index in [-0.39, 0.29) is 18.0 Å². The summed E-state index contributed by atoms with van der Waals surface area (Å²) in [5.41, 5.74) is 0.0136. The van der Waals surface area contributed by atoms with Gasteiger partial charge in [0.1, 0.15) is 5.82 Å². The molecule has 23 heavy (non-hydrogen) atoms. The summed E-state index contributed by atoms with van der Waals surface area (Å²) < 4.78 is 13.1. The zero-order valence-electron chi connectivity index (χ0n) is 12.4. The molecule has 0 unspecified atom stereocenters. The van der Waals surface area contributed by atoms with Crippen LogP contribution in [-0.4, -0.2) is 16.5 Å². The molecule has 0 aromatic heterocycles. The predicted octanol–water partition coefficient (Wildman–Crippen LogP) is 3.22. The van der Waals surface area contributed by atoms with Crippen LogP contribution in [0.4, 0.5) is 4.39 Å². The van der Waals surface area contributed by atoms with Gasteiger partial charge in [0.05, 0.1) is 0 Å². The Labute approximate surface area is 134 Å². The zero-order chi connectivity index (χ0) is 16.3. The Morgan fingerprint density at radius 1 is 1.09 bits per heavy atom. The number of allylic oxidation sites excluding steroid dienone is 1. The molecule has 0 saturated heterocycles. The fourth-order valence-corrected chi connectivity index (χ4v) is 2.65. The van der Waals surface area contributed by atoms with Crippen LogP contribution < -0.4 is 0 Å². The van der Waals surface area contributed by atoms with Crippen LogP contribution in [0.2, 0.25) is 0 Å². The highest BCUT2D eigenvalue weighted by Gasteiger charge is 2.38. The van der Waals surface area contributed by atoms with Crippen LogP contribution in [0.5, 0.6) is 0 Å². The summed E-state index contributed by atoms with van der Waals surface area (Å²) in [7, 11) is 0. The molecule has 0 radical (unpaired) electrons. The van der Waals surface area contributed by atoms with Gasteiger partial charge in [-0.2, -0.15) is 0 Å². The van der Waals surface area contributed by atoms with Crippen molar-refractivity contribution in [2.45, 2.75) is 17.9 Å². The molecule has 0 heterocycles. The molecule has 3 rings (SSSR count). The number of hydrogen-bond acceptors (Lipinski definition) is 2. The van der Waals surface area contributed by atoms with Crippen LogP contribution in [0.1, 0.15) is 23.5 Å². The first-order chi connectivity index (χ1) is 11.1. The second-order valence-electron chi connectivity index (χ2n) is 5.55. The number of aliphatic hydroxyl groups is 1. The van der Waals surface area contributed by atoms with E-state index in [1.165, 1.54) is 24.3 Å². The van der Waals surface area contributed by atoms with Gasteiger partial charge in [0, 0.05) is 17.9 Å². The van der Waals surface area contributed by atoms with Gasteiger partial charge in [-0.3, -0.25) is 4.79 Å². The van der Waals surface area contributed by atoms with E-state index in [0.29, 0.717) is 5.56 Å². The summed E-state index contributed by atoms with van der Waals surface area (Å²) in [5.74, 6) is 4.86. The molecule has 2 aromatic rings. The lowest BCUT2D eigenvalue weighted by atomic mass is 9.75. The largest absolute Gasteiger partial charge is 0.373 e. The molecule has 0 saturated carbocycles. The maximum absolute atomic E-state index is 13.1. The number of ketones is 1. The maximum Gasteiger partial charge on any atom is 0.156 e. The molecule has 1 aliphatic carbocycles. The third kappa shape index (κ3) is 3.39. The molecule has 0 fully saturated rings. The quantitative estimate of drug-likeness (QED) is 0.821. The molecule has 0 bridgehead atoms. The van der Waals surface area contributed by atoms with Crippen molar-refractivity contribution in [2.75, 3.05) is 0 Å².